The third-order valence-corrected chi connectivity index (χ3v) is 2.62. The maximum absolute atomic E-state index is 9.64. The van der Waals surface area contributed by atoms with E-state index in [1.54, 1.807) is 13.8 Å². The Morgan fingerprint density at radius 1 is 1.44 bits per heavy atom. The Labute approximate surface area is 96.4 Å². The molecule has 0 amide bonds. The predicted molar refractivity (Wildman–Crippen MR) is 65.0 cm³/mol. The molecule has 0 unspecified atom stereocenters. The second-order valence-corrected chi connectivity index (χ2v) is 4.92. The highest BCUT2D eigenvalue weighted by Crippen LogP contribution is 2.32. The molecule has 1 aliphatic rings. The standard InChI is InChI=1S/C13H19NO2/c1-13(2,15)9-16-11-7-3-5-10-6-4-8-14-12(10)11/h3,5,7,14-15H,4,6,8-9H2,1-2H3. The molecule has 0 spiro atoms. The van der Waals surface area contributed by atoms with Crippen molar-refractivity contribution in [3.63, 3.8) is 0 Å². The molecule has 3 heteroatoms. The van der Waals surface area contributed by atoms with Crippen molar-refractivity contribution in [1.82, 2.24) is 0 Å². The highest BCUT2D eigenvalue weighted by Gasteiger charge is 2.17. The Bertz CT molecular complexity index is 369. The van der Waals surface area contributed by atoms with Crippen molar-refractivity contribution in [2.75, 3.05) is 18.5 Å². The Kier molecular flexibility index (Phi) is 3.06. The monoisotopic (exact) mass is 221 g/mol. The van der Waals surface area contributed by atoms with Crippen LogP contribution in [-0.2, 0) is 6.42 Å². The quantitative estimate of drug-likeness (QED) is 0.822. The van der Waals surface area contributed by atoms with E-state index < -0.39 is 5.60 Å². The van der Waals surface area contributed by atoms with Gasteiger partial charge in [0.25, 0.3) is 0 Å². The summed E-state index contributed by atoms with van der Waals surface area (Å²) in [6, 6.07) is 6.08. The van der Waals surface area contributed by atoms with Gasteiger partial charge in [0.2, 0.25) is 0 Å². The second-order valence-electron chi connectivity index (χ2n) is 4.92. The third-order valence-electron chi connectivity index (χ3n) is 2.62. The van der Waals surface area contributed by atoms with Gasteiger partial charge < -0.3 is 15.2 Å². The molecule has 1 aliphatic heterocycles. The molecule has 88 valence electrons. The number of ether oxygens (including phenoxy) is 1. The van der Waals surface area contributed by atoms with Crippen LogP contribution in [0.3, 0.4) is 0 Å². The lowest BCUT2D eigenvalue weighted by atomic mass is 10.0. The number of para-hydroxylation sites is 1. The molecular formula is C13H19NO2. The van der Waals surface area contributed by atoms with Gasteiger partial charge >= 0.3 is 0 Å². The van der Waals surface area contributed by atoms with E-state index in [4.69, 9.17) is 4.74 Å². The minimum absolute atomic E-state index is 0.311. The van der Waals surface area contributed by atoms with Crippen LogP contribution >= 0.6 is 0 Å². The van der Waals surface area contributed by atoms with Gasteiger partial charge in [0, 0.05) is 6.54 Å². The maximum atomic E-state index is 9.64. The number of rotatable bonds is 3. The molecule has 0 aromatic heterocycles. The average molecular weight is 221 g/mol. The van der Waals surface area contributed by atoms with Gasteiger partial charge in [-0.15, -0.1) is 0 Å². The minimum atomic E-state index is -0.794. The maximum Gasteiger partial charge on any atom is 0.142 e. The van der Waals surface area contributed by atoms with E-state index in [1.807, 2.05) is 12.1 Å². The lowest BCUT2D eigenvalue weighted by molar-refractivity contribution is 0.0287. The fraction of sp³-hybridized carbons (Fsp3) is 0.538. The molecule has 1 heterocycles. The molecule has 16 heavy (non-hydrogen) atoms. The second kappa shape index (κ2) is 4.34. The first kappa shape index (κ1) is 11.3. The first-order valence-corrected chi connectivity index (χ1v) is 5.77. The van der Waals surface area contributed by atoms with Gasteiger partial charge in [-0.05, 0) is 38.3 Å². The van der Waals surface area contributed by atoms with Crippen LogP contribution in [0.25, 0.3) is 0 Å². The van der Waals surface area contributed by atoms with Crippen molar-refractivity contribution < 1.29 is 9.84 Å². The molecule has 2 rings (SSSR count). The molecule has 0 radical (unpaired) electrons. The van der Waals surface area contributed by atoms with Gasteiger partial charge in [-0.25, -0.2) is 0 Å². The van der Waals surface area contributed by atoms with E-state index in [0.717, 1.165) is 24.4 Å². The third kappa shape index (κ3) is 2.67. The molecule has 1 aromatic rings. The van der Waals surface area contributed by atoms with Crippen molar-refractivity contribution in [2.45, 2.75) is 32.3 Å². The molecule has 1 aromatic carbocycles. The molecule has 3 nitrogen and oxygen atoms in total. The summed E-state index contributed by atoms with van der Waals surface area (Å²) in [5.74, 6) is 0.847. The highest BCUT2D eigenvalue weighted by molar-refractivity contribution is 5.63. The SMILES string of the molecule is CC(C)(O)COc1cccc2c1NCCC2. The number of aliphatic hydroxyl groups is 1. The number of hydrogen-bond donors (Lipinski definition) is 2. The number of hydrogen-bond acceptors (Lipinski definition) is 3. The van der Waals surface area contributed by atoms with E-state index >= 15 is 0 Å². The minimum Gasteiger partial charge on any atom is -0.488 e. The normalized spacial score (nSPS) is 15.2. The number of benzene rings is 1. The predicted octanol–water partition coefficient (Wildman–Crippen LogP) is 2.19. The van der Waals surface area contributed by atoms with Crippen molar-refractivity contribution in [3.05, 3.63) is 23.8 Å². The number of fused-ring (bicyclic) bond motifs is 1. The summed E-state index contributed by atoms with van der Waals surface area (Å²) >= 11 is 0. The van der Waals surface area contributed by atoms with Crippen molar-refractivity contribution >= 4 is 5.69 Å². The van der Waals surface area contributed by atoms with E-state index in [-0.39, 0.29) is 0 Å². The van der Waals surface area contributed by atoms with Crippen molar-refractivity contribution in [3.8, 4) is 5.75 Å². The number of nitrogens with one attached hydrogen (secondary N) is 1. The van der Waals surface area contributed by atoms with E-state index in [0.29, 0.717) is 6.61 Å². The zero-order chi connectivity index (χ0) is 11.6. The number of aryl methyl sites for hydroxylation is 1. The summed E-state index contributed by atoms with van der Waals surface area (Å²) < 4.78 is 5.66. The Hall–Kier alpha value is -1.22. The topological polar surface area (TPSA) is 41.5 Å². The molecule has 2 N–H and O–H groups in total. The van der Waals surface area contributed by atoms with Crippen LogP contribution < -0.4 is 10.1 Å². The van der Waals surface area contributed by atoms with E-state index in [1.165, 1.54) is 12.0 Å². The summed E-state index contributed by atoms with van der Waals surface area (Å²) in [5.41, 5.74) is 1.61. The van der Waals surface area contributed by atoms with Crippen molar-refractivity contribution in [2.24, 2.45) is 0 Å². The van der Waals surface area contributed by atoms with E-state index in [2.05, 4.69) is 11.4 Å². The Balaban J connectivity index is 2.15. The van der Waals surface area contributed by atoms with Crippen LogP contribution in [0.15, 0.2) is 18.2 Å². The zero-order valence-electron chi connectivity index (χ0n) is 9.92. The van der Waals surface area contributed by atoms with Gasteiger partial charge in [0.05, 0.1) is 11.3 Å². The fourth-order valence-electron chi connectivity index (χ4n) is 1.85. The zero-order valence-corrected chi connectivity index (χ0v) is 9.92. The number of anilines is 1. The fourth-order valence-corrected chi connectivity index (χ4v) is 1.85. The summed E-state index contributed by atoms with van der Waals surface area (Å²) in [5, 5.41) is 13.0. The van der Waals surface area contributed by atoms with E-state index in [9.17, 15) is 5.11 Å². The molecule has 0 aliphatic carbocycles. The molecular weight excluding hydrogens is 202 g/mol. The summed E-state index contributed by atoms with van der Waals surface area (Å²) in [4.78, 5) is 0. The molecule has 0 atom stereocenters. The van der Waals surface area contributed by atoms with Gasteiger partial charge in [0.15, 0.2) is 0 Å². The van der Waals surface area contributed by atoms with Gasteiger partial charge in [-0.3, -0.25) is 0 Å². The van der Waals surface area contributed by atoms with Crippen LogP contribution in [0.5, 0.6) is 5.75 Å². The summed E-state index contributed by atoms with van der Waals surface area (Å²) in [6.45, 7) is 4.80. The molecule has 0 saturated heterocycles. The Morgan fingerprint density at radius 3 is 3.00 bits per heavy atom. The van der Waals surface area contributed by atoms with Gasteiger partial charge in [0.1, 0.15) is 12.4 Å². The average Bonchev–Trinajstić information content (AvgIpc) is 2.25. The largest absolute Gasteiger partial charge is 0.488 e. The highest BCUT2D eigenvalue weighted by atomic mass is 16.5. The first-order chi connectivity index (χ1) is 7.56. The van der Waals surface area contributed by atoms with Gasteiger partial charge in [-0.2, -0.15) is 0 Å². The van der Waals surface area contributed by atoms with Crippen molar-refractivity contribution in [1.29, 1.82) is 0 Å². The lowest BCUT2D eigenvalue weighted by Crippen LogP contribution is -2.28. The van der Waals surface area contributed by atoms with Crippen LogP contribution in [0.2, 0.25) is 0 Å². The van der Waals surface area contributed by atoms with Crippen LogP contribution in [-0.4, -0.2) is 23.9 Å². The lowest BCUT2D eigenvalue weighted by Gasteiger charge is -2.23. The van der Waals surface area contributed by atoms with Gasteiger partial charge in [-0.1, -0.05) is 12.1 Å². The molecule has 0 bridgehead atoms. The van der Waals surface area contributed by atoms with Crippen LogP contribution in [0.4, 0.5) is 5.69 Å². The molecule has 0 saturated carbocycles. The summed E-state index contributed by atoms with van der Waals surface area (Å²) in [7, 11) is 0. The Morgan fingerprint density at radius 2 is 2.25 bits per heavy atom. The smallest absolute Gasteiger partial charge is 0.142 e. The molecule has 0 fully saturated rings. The van der Waals surface area contributed by atoms with Crippen LogP contribution in [0.1, 0.15) is 25.8 Å². The van der Waals surface area contributed by atoms with Crippen LogP contribution in [0, 0.1) is 0 Å². The summed E-state index contributed by atoms with van der Waals surface area (Å²) in [6.07, 6.45) is 2.27. The first-order valence-electron chi connectivity index (χ1n) is 5.77.